The molecule has 1 atom stereocenters. The van der Waals surface area contributed by atoms with Gasteiger partial charge in [-0.15, -0.1) is 0 Å². The second-order valence-corrected chi connectivity index (χ2v) is 7.06. The van der Waals surface area contributed by atoms with Gasteiger partial charge < -0.3 is 10.2 Å². The Kier molecular flexibility index (Phi) is 4.97. The predicted molar refractivity (Wildman–Crippen MR) is 76.3 cm³/mol. The molecule has 0 heterocycles. The van der Waals surface area contributed by atoms with Crippen LogP contribution >= 0.6 is 0 Å². The van der Waals surface area contributed by atoms with Gasteiger partial charge in [0.25, 0.3) is 0 Å². The number of aliphatic carboxylic acids is 1. The summed E-state index contributed by atoms with van der Waals surface area (Å²) in [5, 5.41) is 18.3. The summed E-state index contributed by atoms with van der Waals surface area (Å²) in [6.07, 6.45) is 1.64. The average Bonchev–Trinajstić information content (AvgIpc) is 3.27. The van der Waals surface area contributed by atoms with Crippen LogP contribution in [-0.2, 0) is 21.2 Å². The fourth-order valence-corrected chi connectivity index (χ4v) is 3.06. The van der Waals surface area contributed by atoms with E-state index in [2.05, 4.69) is 4.72 Å². The van der Waals surface area contributed by atoms with Crippen molar-refractivity contribution >= 4 is 16.0 Å². The first-order chi connectivity index (χ1) is 9.88. The molecule has 0 bridgehead atoms. The molecular weight excluding hydrogens is 294 g/mol. The van der Waals surface area contributed by atoms with Gasteiger partial charge in [-0.3, -0.25) is 4.79 Å². The number of hydrogen-bond donors (Lipinski definition) is 3. The summed E-state index contributed by atoms with van der Waals surface area (Å²) < 4.78 is 26.5. The lowest BCUT2D eigenvalue weighted by atomic mass is 10.1. The average molecular weight is 313 g/mol. The number of carboxylic acid groups (broad SMARTS) is 1. The van der Waals surface area contributed by atoms with Crippen molar-refractivity contribution in [3.05, 3.63) is 29.8 Å². The molecule has 1 saturated carbocycles. The van der Waals surface area contributed by atoms with Gasteiger partial charge in [0.2, 0.25) is 10.0 Å². The van der Waals surface area contributed by atoms with Crippen LogP contribution in [0.25, 0.3) is 0 Å². The molecule has 0 saturated heterocycles. The van der Waals surface area contributed by atoms with E-state index in [0.717, 1.165) is 18.4 Å². The zero-order valence-electron chi connectivity index (χ0n) is 11.5. The molecule has 0 aliphatic heterocycles. The highest BCUT2D eigenvalue weighted by molar-refractivity contribution is 7.89. The minimum atomic E-state index is -3.64. The minimum absolute atomic E-state index is 0.0118. The molecule has 1 aliphatic carbocycles. The van der Waals surface area contributed by atoms with Crippen LogP contribution in [0.2, 0.25) is 0 Å². The van der Waals surface area contributed by atoms with E-state index >= 15 is 0 Å². The van der Waals surface area contributed by atoms with Crippen molar-refractivity contribution in [2.24, 2.45) is 5.92 Å². The van der Waals surface area contributed by atoms with Gasteiger partial charge in [0.15, 0.2) is 0 Å². The van der Waals surface area contributed by atoms with Gasteiger partial charge >= 0.3 is 5.97 Å². The maximum Gasteiger partial charge on any atom is 0.303 e. The maximum atomic E-state index is 12.0. The van der Waals surface area contributed by atoms with Crippen LogP contribution in [0.5, 0.6) is 0 Å². The lowest BCUT2D eigenvalue weighted by molar-refractivity contribution is -0.136. The van der Waals surface area contributed by atoms with Crippen molar-refractivity contribution in [2.75, 3.05) is 6.54 Å². The normalized spacial score (nSPS) is 16.6. The molecule has 2 rings (SSSR count). The van der Waals surface area contributed by atoms with Crippen molar-refractivity contribution in [3.63, 3.8) is 0 Å². The second-order valence-electron chi connectivity index (χ2n) is 5.29. The summed E-state index contributed by atoms with van der Waals surface area (Å²) in [5.41, 5.74) is 0.773. The molecule has 116 valence electrons. The first-order valence-electron chi connectivity index (χ1n) is 6.87. The van der Waals surface area contributed by atoms with Crippen LogP contribution in [-0.4, -0.2) is 37.2 Å². The van der Waals surface area contributed by atoms with Crippen molar-refractivity contribution in [1.82, 2.24) is 4.72 Å². The van der Waals surface area contributed by atoms with Crippen LogP contribution in [0.15, 0.2) is 29.2 Å². The number of aryl methyl sites for hydroxylation is 1. The third-order valence-corrected chi connectivity index (χ3v) is 4.95. The van der Waals surface area contributed by atoms with E-state index in [1.807, 2.05) is 0 Å². The molecule has 1 unspecified atom stereocenters. The maximum absolute atomic E-state index is 12.0. The van der Waals surface area contributed by atoms with Gasteiger partial charge in [-0.1, -0.05) is 12.1 Å². The fraction of sp³-hybridized carbons (Fsp3) is 0.500. The van der Waals surface area contributed by atoms with Crippen LogP contribution in [0.1, 0.15) is 24.8 Å². The van der Waals surface area contributed by atoms with E-state index in [9.17, 15) is 18.3 Å². The zero-order valence-corrected chi connectivity index (χ0v) is 12.3. The van der Waals surface area contributed by atoms with Crippen molar-refractivity contribution in [3.8, 4) is 0 Å². The summed E-state index contributed by atoms with van der Waals surface area (Å²) in [5.74, 6) is -0.673. The summed E-state index contributed by atoms with van der Waals surface area (Å²) >= 11 is 0. The molecular formula is C14H19NO5S. The van der Waals surface area contributed by atoms with Crippen LogP contribution in [0, 0.1) is 5.92 Å². The highest BCUT2D eigenvalue weighted by Crippen LogP contribution is 2.32. The summed E-state index contributed by atoms with van der Waals surface area (Å²) in [4.78, 5) is 10.6. The van der Waals surface area contributed by atoms with E-state index < -0.39 is 22.1 Å². The summed E-state index contributed by atoms with van der Waals surface area (Å²) in [7, 11) is -3.64. The highest BCUT2D eigenvalue weighted by atomic mass is 32.2. The fourth-order valence-electron chi connectivity index (χ4n) is 2.01. The number of sulfonamides is 1. The molecule has 0 radical (unpaired) electrons. The first-order valence-corrected chi connectivity index (χ1v) is 8.35. The SMILES string of the molecule is O=C(O)CCc1ccc(S(=O)(=O)NCC(O)C2CC2)cc1. The molecule has 1 aliphatic rings. The quantitative estimate of drug-likeness (QED) is 0.657. The third kappa shape index (κ3) is 4.80. The Hall–Kier alpha value is -1.44. The number of hydrogen-bond acceptors (Lipinski definition) is 4. The van der Waals surface area contributed by atoms with E-state index in [1.54, 1.807) is 12.1 Å². The standard InChI is InChI=1S/C14H19NO5S/c16-13(11-4-5-11)9-15-21(19,20)12-6-1-10(2-7-12)3-8-14(17)18/h1-2,6-7,11,13,15-16H,3-5,8-9H2,(H,17,18). The van der Waals surface area contributed by atoms with Gasteiger partial charge in [0.1, 0.15) is 0 Å². The minimum Gasteiger partial charge on any atom is -0.481 e. The monoisotopic (exact) mass is 313 g/mol. The topological polar surface area (TPSA) is 104 Å². The van der Waals surface area contributed by atoms with Crippen molar-refractivity contribution in [2.45, 2.75) is 36.7 Å². The zero-order chi connectivity index (χ0) is 15.5. The second kappa shape index (κ2) is 6.55. The summed E-state index contributed by atoms with van der Waals surface area (Å²) in [6.45, 7) is 0.0216. The molecule has 0 aromatic heterocycles. The Morgan fingerprint density at radius 3 is 2.43 bits per heavy atom. The Morgan fingerprint density at radius 2 is 1.90 bits per heavy atom. The molecule has 1 aromatic carbocycles. The molecule has 6 nitrogen and oxygen atoms in total. The molecule has 21 heavy (non-hydrogen) atoms. The van der Waals surface area contributed by atoms with Crippen molar-refractivity contribution < 1.29 is 23.4 Å². The van der Waals surface area contributed by atoms with Crippen LogP contribution in [0.4, 0.5) is 0 Å². The van der Waals surface area contributed by atoms with Gasteiger partial charge in [-0.05, 0) is 42.9 Å². The van der Waals surface area contributed by atoms with Crippen LogP contribution in [0.3, 0.4) is 0 Å². The van der Waals surface area contributed by atoms with Crippen LogP contribution < -0.4 is 4.72 Å². The first kappa shape index (κ1) is 15.9. The number of rotatable bonds is 8. The van der Waals surface area contributed by atoms with E-state index in [4.69, 9.17) is 5.11 Å². The number of nitrogens with one attached hydrogen (secondary N) is 1. The molecule has 0 amide bonds. The number of benzene rings is 1. The molecule has 0 spiro atoms. The number of aliphatic hydroxyl groups is 1. The Morgan fingerprint density at radius 1 is 1.29 bits per heavy atom. The van der Waals surface area contributed by atoms with E-state index in [1.165, 1.54) is 12.1 Å². The molecule has 1 fully saturated rings. The van der Waals surface area contributed by atoms with Gasteiger partial charge in [0.05, 0.1) is 11.0 Å². The van der Waals surface area contributed by atoms with E-state index in [-0.39, 0.29) is 23.8 Å². The van der Waals surface area contributed by atoms with Crippen molar-refractivity contribution in [1.29, 1.82) is 0 Å². The summed E-state index contributed by atoms with van der Waals surface area (Å²) in [6, 6.07) is 6.11. The van der Waals surface area contributed by atoms with Gasteiger partial charge in [0, 0.05) is 13.0 Å². The lowest BCUT2D eigenvalue weighted by Gasteiger charge is -2.11. The lowest BCUT2D eigenvalue weighted by Crippen LogP contribution is -2.33. The largest absolute Gasteiger partial charge is 0.481 e. The smallest absolute Gasteiger partial charge is 0.303 e. The molecule has 7 heteroatoms. The van der Waals surface area contributed by atoms with Gasteiger partial charge in [-0.25, -0.2) is 13.1 Å². The third-order valence-electron chi connectivity index (χ3n) is 3.51. The van der Waals surface area contributed by atoms with Gasteiger partial charge in [-0.2, -0.15) is 0 Å². The Bertz CT molecular complexity index is 592. The number of carboxylic acids is 1. The van der Waals surface area contributed by atoms with E-state index in [0.29, 0.717) is 6.42 Å². The number of carbonyl (C=O) groups is 1. The predicted octanol–water partition coefficient (Wildman–Crippen LogP) is 0.753. The Balaban J connectivity index is 1.94. The molecule has 3 N–H and O–H groups in total. The highest BCUT2D eigenvalue weighted by Gasteiger charge is 2.30. The number of aliphatic hydroxyl groups excluding tert-OH is 1. The Labute approximate surface area is 123 Å². The molecule has 1 aromatic rings.